The van der Waals surface area contributed by atoms with E-state index in [0.717, 1.165) is 17.1 Å². The van der Waals surface area contributed by atoms with Crippen LogP contribution in [0.25, 0.3) is 0 Å². The van der Waals surface area contributed by atoms with Gasteiger partial charge in [0.15, 0.2) is 11.5 Å². The highest BCUT2D eigenvalue weighted by atomic mass is 16.6. The van der Waals surface area contributed by atoms with Crippen molar-refractivity contribution in [2.45, 2.75) is 19.9 Å². The minimum Gasteiger partial charge on any atom is -0.486 e. The molecule has 0 spiro atoms. The number of nitrogens with one attached hydrogen (secondary N) is 1. The first kappa shape index (κ1) is 15.3. The van der Waals surface area contributed by atoms with Crippen LogP contribution in [-0.4, -0.2) is 24.1 Å². The molecule has 0 fully saturated rings. The first-order chi connectivity index (χ1) is 11.1. The summed E-state index contributed by atoms with van der Waals surface area (Å²) in [6.07, 6.45) is 1.61. The molecule has 1 aliphatic rings. The maximum atomic E-state index is 12.4. The van der Waals surface area contributed by atoms with Gasteiger partial charge in [0.05, 0.1) is 6.04 Å². The predicted molar refractivity (Wildman–Crippen MR) is 86.7 cm³/mol. The molecular weight excluding hydrogens is 292 g/mol. The van der Waals surface area contributed by atoms with Gasteiger partial charge in [-0.25, -0.2) is 0 Å². The molecule has 0 aliphatic carbocycles. The van der Waals surface area contributed by atoms with Gasteiger partial charge in [0.25, 0.3) is 5.91 Å². The van der Waals surface area contributed by atoms with Crippen molar-refractivity contribution in [3.63, 3.8) is 0 Å². The van der Waals surface area contributed by atoms with E-state index in [4.69, 9.17) is 9.47 Å². The Labute approximate surface area is 135 Å². The maximum Gasteiger partial charge on any atom is 0.270 e. The summed E-state index contributed by atoms with van der Waals surface area (Å²) in [5.41, 5.74) is 1.41. The zero-order valence-corrected chi connectivity index (χ0v) is 13.3. The first-order valence-electron chi connectivity index (χ1n) is 7.76. The molecule has 5 heteroatoms. The van der Waals surface area contributed by atoms with Gasteiger partial charge in [0, 0.05) is 6.20 Å². The lowest BCUT2D eigenvalue weighted by molar-refractivity contribution is 0.0920. The molecule has 3 rings (SSSR count). The molecule has 2 heterocycles. The number of carbonyl (C=O) groups excluding carboxylic acids is 1. The fourth-order valence-corrected chi connectivity index (χ4v) is 2.60. The second-order valence-corrected chi connectivity index (χ2v) is 5.81. The Kier molecular flexibility index (Phi) is 4.46. The maximum absolute atomic E-state index is 12.4. The largest absolute Gasteiger partial charge is 0.486 e. The number of pyridine rings is 1. The summed E-state index contributed by atoms with van der Waals surface area (Å²) in [5, 5.41) is 3.06. The molecular formula is C18H20N2O3. The van der Waals surface area contributed by atoms with Crippen molar-refractivity contribution in [2.24, 2.45) is 5.92 Å². The molecule has 1 atom stereocenters. The van der Waals surface area contributed by atoms with Gasteiger partial charge in [-0.1, -0.05) is 26.0 Å². The molecule has 0 saturated heterocycles. The van der Waals surface area contributed by atoms with Crippen molar-refractivity contribution in [1.29, 1.82) is 0 Å². The van der Waals surface area contributed by atoms with E-state index in [1.165, 1.54) is 0 Å². The van der Waals surface area contributed by atoms with E-state index in [2.05, 4.69) is 24.1 Å². The van der Waals surface area contributed by atoms with E-state index in [0.29, 0.717) is 18.9 Å². The van der Waals surface area contributed by atoms with Crippen LogP contribution in [-0.2, 0) is 0 Å². The second kappa shape index (κ2) is 6.69. The Hall–Kier alpha value is -2.56. The molecule has 1 aliphatic heterocycles. The average molecular weight is 312 g/mol. The molecule has 1 aromatic carbocycles. The topological polar surface area (TPSA) is 60.5 Å². The van der Waals surface area contributed by atoms with Gasteiger partial charge in [0.2, 0.25) is 0 Å². The van der Waals surface area contributed by atoms with Crippen molar-refractivity contribution in [3.8, 4) is 11.5 Å². The molecule has 0 bridgehead atoms. The number of hydrogen-bond acceptors (Lipinski definition) is 4. The van der Waals surface area contributed by atoms with Crippen LogP contribution in [0.4, 0.5) is 0 Å². The molecule has 0 radical (unpaired) electrons. The molecule has 2 aromatic rings. The Morgan fingerprint density at radius 2 is 1.91 bits per heavy atom. The third-order valence-corrected chi connectivity index (χ3v) is 3.78. The van der Waals surface area contributed by atoms with Gasteiger partial charge in [-0.2, -0.15) is 0 Å². The number of amides is 1. The summed E-state index contributed by atoms with van der Waals surface area (Å²) in [5.74, 6) is 1.52. The number of ether oxygens (including phenoxy) is 2. The monoisotopic (exact) mass is 312 g/mol. The summed E-state index contributed by atoms with van der Waals surface area (Å²) >= 11 is 0. The number of aromatic nitrogens is 1. The van der Waals surface area contributed by atoms with Crippen molar-refractivity contribution in [1.82, 2.24) is 10.3 Å². The van der Waals surface area contributed by atoms with Crippen LogP contribution >= 0.6 is 0 Å². The van der Waals surface area contributed by atoms with Crippen LogP contribution in [0.5, 0.6) is 11.5 Å². The third-order valence-electron chi connectivity index (χ3n) is 3.78. The highest BCUT2D eigenvalue weighted by molar-refractivity contribution is 5.92. The number of fused-ring (bicyclic) bond motifs is 1. The Morgan fingerprint density at radius 1 is 1.13 bits per heavy atom. The lowest BCUT2D eigenvalue weighted by atomic mass is 9.95. The normalized spacial score (nSPS) is 14.4. The number of hydrogen-bond donors (Lipinski definition) is 1. The van der Waals surface area contributed by atoms with Crippen molar-refractivity contribution in [3.05, 3.63) is 53.9 Å². The first-order valence-corrected chi connectivity index (χ1v) is 7.76. The van der Waals surface area contributed by atoms with E-state index in [-0.39, 0.29) is 17.9 Å². The number of rotatable bonds is 4. The molecule has 1 aromatic heterocycles. The van der Waals surface area contributed by atoms with E-state index >= 15 is 0 Å². The fourth-order valence-electron chi connectivity index (χ4n) is 2.60. The van der Waals surface area contributed by atoms with Crippen LogP contribution in [0.3, 0.4) is 0 Å². The molecule has 23 heavy (non-hydrogen) atoms. The average Bonchev–Trinajstić information content (AvgIpc) is 2.59. The smallest absolute Gasteiger partial charge is 0.270 e. The molecule has 1 N–H and O–H groups in total. The number of benzene rings is 1. The minimum atomic E-state index is -0.181. The van der Waals surface area contributed by atoms with E-state index in [1.54, 1.807) is 24.4 Å². The van der Waals surface area contributed by atoms with Crippen LogP contribution in [0.15, 0.2) is 42.6 Å². The van der Waals surface area contributed by atoms with E-state index in [1.807, 2.05) is 18.2 Å². The summed E-state index contributed by atoms with van der Waals surface area (Å²) < 4.78 is 11.2. The third kappa shape index (κ3) is 3.44. The van der Waals surface area contributed by atoms with Crippen LogP contribution in [0.2, 0.25) is 0 Å². The van der Waals surface area contributed by atoms with Gasteiger partial charge < -0.3 is 14.8 Å². The Morgan fingerprint density at radius 3 is 2.61 bits per heavy atom. The lowest BCUT2D eigenvalue weighted by Crippen LogP contribution is -2.32. The second-order valence-electron chi connectivity index (χ2n) is 5.81. The van der Waals surface area contributed by atoms with Crippen molar-refractivity contribution < 1.29 is 14.3 Å². The summed E-state index contributed by atoms with van der Waals surface area (Å²) in [6.45, 7) is 5.25. The highest BCUT2D eigenvalue weighted by Crippen LogP contribution is 2.34. The van der Waals surface area contributed by atoms with Gasteiger partial charge in [0.1, 0.15) is 18.9 Å². The predicted octanol–water partition coefficient (Wildman–Crippen LogP) is 2.98. The standard InChI is InChI=1S/C18H20N2O3/c1-12(2)17(20-18(21)14-5-3-4-8-19-14)13-6-7-15-16(11-13)23-10-9-22-15/h3-8,11-12,17H,9-10H2,1-2H3,(H,20,21)/t17-/m1/s1. The molecule has 1 amide bonds. The molecule has 0 saturated carbocycles. The summed E-state index contributed by atoms with van der Waals surface area (Å²) in [7, 11) is 0. The van der Waals surface area contributed by atoms with Gasteiger partial charge in [-0.05, 0) is 35.7 Å². The molecule has 120 valence electrons. The highest BCUT2D eigenvalue weighted by Gasteiger charge is 2.22. The van der Waals surface area contributed by atoms with Crippen molar-refractivity contribution >= 4 is 5.91 Å². The van der Waals surface area contributed by atoms with Crippen LogP contribution in [0, 0.1) is 5.92 Å². The minimum absolute atomic E-state index is 0.125. The van der Waals surface area contributed by atoms with Crippen molar-refractivity contribution in [2.75, 3.05) is 13.2 Å². The van der Waals surface area contributed by atoms with E-state index < -0.39 is 0 Å². The number of nitrogens with zero attached hydrogens (tertiary/aromatic N) is 1. The zero-order valence-electron chi connectivity index (χ0n) is 13.3. The Bertz CT molecular complexity index is 686. The van der Waals surface area contributed by atoms with Gasteiger partial charge >= 0.3 is 0 Å². The quantitative estimate of drug-likeness (QED) is 0.943. The lowest BCUT2D eigenvalue weighted by Gasteiger charge is -2.25. The SMILES string of the molecule is CC(C)[C@@H](NC(=O)c1ccccn1)c1ccc2c(c1)OCCO2. The molecule has 0 unspecified atom stereocenters. The Balaban J connectivity index is 1.83. The van der Waals surface area contributed by atoms with Gasteiger partial charge in [-0.15, -0.1) is 0 Å². The van der Waals surface area contributed by atoms with Gasteiger partial charge in [-0.3, -0.25) is 9.78 Å². The van der Waals surface area contributed by atoms with Crippen LogP contribution < -0.4 is 14.8 Å². The van der Waals surface area contributed by atoms with E-state index in [9.17, 15) is 4.79 Å². The number of carbonyl (C=O) groups is 1. The summed E-state index contributed by atoms with van der Waals surface area (Å²) in [4.78, 5) is 16.5. The summed E-state index contributed by atoms with van der Waals surface area (Å²) in [6, 6.07) is 11.0. The van der Waals surface area contributed by atoms with Crippen LogP contribution in [0.1, 0.15) is 35.9 Å². The molecule has 5 nitrogen and oxygen atoms in total. The fraction of sp³-hybridized carbons (Fsp3) is 0.333. The zero-order chi connectivity index (χ0) is 16.2.